The standard InChI is InChI=1S/C22H23N5O3S/c1-26-19(13-20(28)23-16-7-5-8-17(12-16)30-2)24-25-22(26)31-14-21(29)27-11-10-15-6-3-4-9-18(15)27/h3-9,12H,10-11,13-14H2,1-2H3,(H,23,28). The molecular weight excluding hydrogens is 414 g/mol. The van der Waals surface area contributed by atoms with Gasteiger partial charge in [-0.2, -0.15) is 0 Å². The van der Waals surface area contributed by atoms with Crippen molar-refractivity contribution >= 4 is 35.0 Å². The van der Waals surface area contributed by atoms with Gasteiger partial charge >= 0.3 is 0 Å². The summed E-state index contributed by atoms with van der Waals surface area (Å²) in [4.78, 5) is 26.9. The van der Waals surface area contributed by atoms with Gasteiger partial charge in [-0.25, -0.2) is 0 Å². The molecule has 0 unspecified atom stereocenters. The molecule has 0 aliphatic carbocycles. The van der Waals surface area contributed by atoms with E-state index in [1.165, 1.54) is 17.3 Å². The molecule has 160 valence electrons. The molecule has 0 atom stereocenters. The molecule has 1 aliphatic heterocycles. The van der Waals surface area contributed by atoms with Gasteiger partial charge in [0.25, 0.3) is 0 Å². The molecule has 0 spiro atoms. The van der Waals surface area contributed by atoms with Gasteiger partial charge in [-0.1, -0.05) is 36.0 Å². The zero-order valence-electron chi connectivity index (χ0n) is 17.4. The number of thioether (sulfide) groups is 1. The molecule has 8 nitrogen and oxygen atoms in total. The quantitative estimate of drug-likeness (QED) is 0.572. The Morgan fingerprint density at radius 3 is 2.84 bits per heavy atom. The highest BCUT2D eigenvalue weighted by atomic mass is 32.2. The number of methoxy groups -OCH3 is 1. The molecule has 2 aromatic carbocycles. The Balaban J connectivity index is 1.34. The van der Waals surface area contributed by atoms with Crippen molar-refractivity contribution in [2.45, 2.75) is 18.0 Å². The molecule has 1 N–H and O–H groups in total. The van der Waals surface area contributed by atoms with Gasteiger partial charge in [0.05, 0.1) is 19.3 Å². The second-order valence-corrected chi connectivity index (χ2v) is 8.07. The highest BCUT2D eigenvalue weighted by Crippen LogP contribution is 2.28. The molecule has 3 aromatic rings. The Morgan fingerprint density at radius 2 is 2.00 bits per heavy atom. The Labute approximate surface area is 184 Å². The van der Waals surface area contributed by atoms with Crippen LogP contribution in [0.15, 0.2) is 53.7 Å². The first-order chi connectivity index (χ1) is 15.0. The number of ether oxygens (including phenoxy) is 1. The lowest BCUT2D eigenvalue weighted by Crippen LogP contribution is -2.30. The normalized spacial score (nSPS) is 12.5. The molecule has 1 aliphatic rings. The van der Waals surface area contributed by atoms with E-state index in [4.69, 9.17) is 4.74 Å². The maximum Gasteiger partial charge on any atom is 0.237 e. The Hall–Kier alpha value is -3.33. The van der Waals surface area contributed by atoms with Crippen LogP contribution in [0.3, 0.4) is 0 Å². The average molecular weight is 438 g/mol. The highest BCUT2D eigenvalue weighted by Gasteiger charge is 2.24. The van der Waals surface area contributed by atoms with Crippen LogP contribution in [0, 0.1) is 0 Å². The minimum atomic E-state index is -0.204. The van der Waals surface area contributed by atoms with Crippen LogP contribution in [0.5, 0.6) is 5.75 Å². The third kappa shape index (κ3) is 4.72. The summed E-state index contributed by atoms with van der Waals surface area (Å²) >= 11 is 1.32. The van der Waals surface area contributed by atoms with Gasteiger partial charge in [-0.05, 0) is 30.2 Å². The van der Waals surface area contributed by atoms with Gasteiger partial charge in [-0.3, -0.25) is 9.59 Å². The number of rotatable bonds is 7. The molecule has 0 saturated heterocycles. The van der Waals surface area contributed by atoms with Gasteiger partial charge in [-0.15, -0.1) is 10.2 Å². The SMILES string of the molecule is COc1cccc(NC(=O)Cc2nnc(SCC(=O)N3CCc4ccccc43)n2C)c1. The fourth-order valence-corrected chi connectivity index (χ4v) is 4.28. The van der Waals surface area contributed by atoms with Gasteiger partial charge in [0, 0.05) is 31.0 Å². The number of nitrogens with zero attached hydrogens (tertiary/aromatic N) is 4. The Morgan fingerprint density at radius 1 is 1.16 bits per heavy atom. The van der Waals surface area contributed by atoms with E-state index < -0.39 is 0 Å². The maximum atomic E-state index is 12.7. The first kappa shape index (κ1) is 20.9. The lowest BCUT2D eigenvalue weighted by Gasteiger charge is -2.16. The molecule has 2 amide bonds. The van der Waals surface area contributed by atoms with Crippen molar-refractivity contribution in [1.29, 1.82) is 0 Å². The molecule has 31 heavy (non-hydrogen) atoms. The van der Waals surface area contributed by atoms with E-state index in [0.717, 1.165) is 12.1 Å². The molecular formula is C22H23N5O3S. The van der Waals surface area contributed by atoms with Crippen molar-refractivity contribution in [3.8, 4) is 5.75 Å². The van der Waals surface area contributed by atoms with Gasteiger partial charge < -0.3 is 19.5 Å². The molecule has 0 fully saturated rings. The Bertz CT molecular complexity index is 1110. The van der Waals surface area contributed by atoms with Crippen molar-refractivity contribution in [3.05, 3.63) is 59.9 Å². The van der Waals surface area contributed by atoms with Crippen molar-refractivity contribution in [3.63, 3.8) is 0 Å². The number of anilines is 2. The number of aromatic nitrogens is 3. The predicted octanol–water partition coefficient (Wildman–Crippen LogP) is 2.69. The topological polar surface area (TPSA) is 89.3 Å². The third-order valence-corrected chi connectivity index (χ3v) is 6.12. The number of nitrogens with one attached hydrogen (secondary N) is 1. The summed E-state index contributed by atoms with van der Waals surface area (Å²) in [6.07, 6.45) is 0.956. The molecule has 4 rings (SSSR count). The van der Waals surface area contributed by atoms with Crippen LogP contribution in [0.25, 0.3) is 0 Å². The molecule has 2 heterocycles. The number of para-hydroxylation sites is 1. The smallest absolute Gasteiger partial charge is 0.237 e. The lowest BCUT2D eigenvalue weighted by molar-refractivity contribution is -0.116. The van der Waals surface area contributed by atoms with Crippen molar-refractivity contribution in [2.75, 3.05) is 29.6 Å². The van der Waals surface area contributed by atoms with E-state index >= 15 is 0 Å². The van der Waals surface area contributed by atoms with E-state index in [9.17, 15) is 9.59 Å². The minimum absolute atomic E-state index is 0.0373. The van der Waals surface area contributed by atoms with Gasteiger partial charge in [0.1, 0.15) is 11.6 Å². The molecule has 0 bridgehead atoms. The summed E-state index contributed by atoms with van der Waals surface area (Å²) in [5.41, 5.74) is 2.84. The number of hydrogen-bond donors (Lipinski definition) is 1. The monoisotopic (exact) mass is 437 g/mol. The zero-order valence-corrected chi connectivity index (χ0v) is 18.2. The van der Waals surface area contributed by atoms with Crippen LogP contribution in [-0.4, -0.2) is 46.0 Å². The van der Waals surface area contributed by atoms with E-state index in [1.807, 2.05) is 29.2 Å². The van der Waals surface area contributed by atoms with E-state index in [0.29, 0.717) is 29.0 Å². The molecule has 0 saturated carbocycles. The maximum absolute atomic E-state index is 12.7. The molecule has 9 heteroatoms. The molecule has 0 radical (unpaired) electrons. The number of hydrogen-bond acceptors (Lipinski definition) is 6. The third-order valence-electron chi connectivity index (χ3n) is 5.11. The minimum Gasteiger partial charge on any atom is -0.497 e. The summed E-state index contributed by atoms with van der Waals surface area (Å²) in [7, 11) is 3.37. The average Bonchev–Trinajstić information content (AvgIpc) is 3.36. The number of fused-ring (bicyclic) bond motifs is 1. The number of amides is 2. The summed E-state index contributed by atoms with van der Waals surface area (Å²) in [5, 5.41) is 11.7. The van der Waals surface area contributed by atoms with Crippen LogP contribution < -0.4 is 15.0 Å². The first-order valence-corrected chi connectivity index (χ1v) is 10.9. The predicted molar refractivity (Wildman–Crippen MR) is 120 cm³/mol. The van der Waals surface area contributed by atoms with Crippen LogP contribution in [0.1, 0.15) is 11.4 Å². The second kappa shape index (κ2) is 9.22. The molecule has 1 aromatic heterocycles. The first-order valence-electron chi connectivity index (χ1n) is 9.88. The van der Waals surface area contributed by atoms with Crippen LogP contribution in [0.4, 0.5) is 11.4 Å². The number of carbonyl (C=O) groups excluding carboxylic acids is 2. The van der Waals surface area contributed by atoms with E-state index in [2.05, 4.69) is 21.6 Å². The summed E-state index contributed by atoms with van der Waals surface area (Å²) < 4.78 is 6.92. The van der Waals surface area contributed by atoms with E-state index in [-0.39, 0.29) is 24.0 Å². The van der Waals surface area contributed by atoms with Gasteiger partial charge in [0.2, 0.25) is 11.8 Å². The van der Waals surface area contributed by atoms with Gasteiger partial charge in [0.15, 0.2) is 5.16 Å². The number of carbonyl (C=O) groups is 2. The van der Waals surface area contributed by atoms with Crippen LogP contribution >= 0.6 is 11.8 Å². The Kier molecular flexibility index (Phi) is 6.22. The summed E-state index contributed by atoms with van der Waals surface area (Å²) in [6, 6.07) is 15.1. The van der Waals surface area contributed by atoms with Crippen LogP contribution in [-0.2, 0) is 29.5 Å². The van der Waals surface area contributed by atoms with Crippen molar-refractivity contribution in [1.82, 2.24) is 14.8 Å². The summed E-state index contributed by atoms with van der Waals surface area (Å²) in [6.45, 7) is 0.702. The summed E-state index contributed by atoms with van der Waals surface area (Å²) in [5.74, 6) is 1.29. The number of benzene rings is 2. The van der Waals surface area contributed by atoms with Crippen molar-refractivity contribution < 1.29 is 14.3 Å². The second-order valence-electron chi connectivity index (χ2n) is 7.13. The lowest BCUT2D eigenvalue weighted by atomic mass is 10.2. The fourth-order valence-electron chi connectivity index (χ4n) is 3.48. The van der Waals surface area contributed by atoms with Crippen molar-refractivity contribution in [2.24, 2.45) is 7.05 Å². The highest BCUT2D eigenvalue weighted by molar-refractivity contribution is 7.99. The largest absolute Gasteiger partial charge is 0.497 e. The zero-order chi connectivity index (χ0) is 21.8. The van der Waals surface area contributed by atoms with Crippen LogP contribution in [0.2, 0.25) is 0 Å². The fraction of sp³-hybridized carbons (Fsp3) is 0.273. The van der Waals surface area contributed by atoms with E-state index in [1.54, 1.807) is 36.9 Å².